The second-order valence-electron chi connectivity index (χ2n) is 8.43. The topological polar surface area (TPSA) is 12.4 Å². The quantitative estimate of drug-likeness (QED) is 0.216. The fraction of sp³-hybridized carbons (Fsp3) is 0.0938. The van der Waals surface area contributed by atoms with Gasteiger partial charge in [0.1, 0.15) is 0 Å². The van der Waals surface area contributed by atoms with Gasteiger partial charge in [0, 0.05) is 11.3 Å². The van der Waals surface area contributed by atoms with Gasteiger partial charge in [-0.1, -0.05) is 121 Å². The Morgan fingerprint density at radius 1 is 0.606 bits per heavy atom. The van der Waals surface area contributed by atoms with Crippen molar-refractivity contribution in [2.75, 3.05) is 0 Å². The summed E-state index contributed by atoms with van der Waals surface area (Å²) in [5.41, 5.74) is 11.0. The maximum absolute atomic E-state index is 5.04. The zero-order chi connectivity index (χ0) is 23.2. The summed E-state index contributed by atoms with van der Waals surface area (Å²) in [6.07, 6.45) is 2.08. The van der Waals surface area contributed by atoms with E-state index in [4.69, 9.17) is 4.99 Å². The minimum absolute atomic E-state index is 0.900. The molecule has 0 heterocycles. The Balaban J connectivity index is 1.72. The summed E-state index contributed by atoms with van der Waals surface area (Å²) < 4.78 is 0. The summed E-state index contributed by atoms with van der Waals surface area (Å²) in [5, 5.41) is 0. The van der Waals surface area contributed by atoms with E-state index < -0.39 is 0 Å². The van der Waals surface area contributed by atoms with Crippen molar-refractivity contribution in [3.63, 3.8) is 0 Å². The lowest BCUT2D eigenvalue weighted by Gasteiger charge is -2.10. The average Bonchev–Trinajstić information content (AvgIpc) is 2.85. The third-order valence-electron chi connectivity index (χ3n) is 5.78. The number of nitrogens with zero attached hydrogens (tertiary/aromatic N) is 1. The first-order chi connectivity index (χ1) is 16.0. The second-order valence-corrected chi connectivity index (χ2v) is 8.43. The molecule has 0 aliphatic heterocycles. The van der Waals surface area contributed by atoms with Crippen LogP contribution in [0.2, 0.25) is 0 Å². The Morgan fingerprint density at radius 2 is 1.09 bits per heavy atom. The molecule has 1 nitrogen and oxygen atoms in total. The minimum atomic E-state index is 0.900. The van der Waals surface area contributed by atoms with E-state index in [-0.39, 0.29) is 0 Å². The highest BCUT2D eigenvalue weighted by Crippen LogP contribution is 2.27. The SMILES string of the molecule is C=C(/C=C(\N=C(/C)c1ccc(C)cc1)c1ccc(-c2ccc(C)cc2)cc1)c1ccccc1. The molecule has 162 valence electrons. The summed E-state index contributed by atoms with van der Waals surface area (Å²) in [5.74, 6) is 0. The third kappa shape index (κ3) is 5.64. The Morgan fingerprint density at radius 3 is 1.67 bits per heavy atom. The van der Waals surface area contributed by atoms with E-state index in [9.17, 15) is 0 Å². The molecule has 0 amide bonds. The molecule has 1 heteroatoms. The highest BCUT2D eigenvalue weighted by atomic mass is 14.8. The van der Waals surface area contributed by atoms with E-state index in [0.29, 0.717) is 0 Å². The first-order valence-electron chi connectivity index (χ1n) is 11.3. The summed E-state index contributed by atoms with van der Waals surface area (Å²) in [7, 11) is 0. The van der Waals surface area contributed by atoms with Crippen LogP contribution in [0.1, 0.15) is 34.7 Å². The summed E-state index contributed by atoms with van der Waals surface area (Å²) in [6.45, 7) is 10.6. The van der Waals surface area contributed by atoms with Crippen LogP contribution in [-0.4, -0.2) is 5.71 Å². The van der Waals surface area contributed by atoms with Gasteiger partial charge in [-0.15, -0.1) is 0 Å². The van der Waals surface area contributed by atoms with Crippen LogP contribution in [0.25, 0.3) is 22.4 Å². The molecule has 0 spiro atoms. The number of benzene rings is 4. The standard InChI is InChI=1S/C32H29N/c1-23-10-14-28(15-11-23)26(4)33-32(22-25(3)27-8-6-5-7-9-27)31-20-18-30(19-21-31)29-16-12-24(2)13-17-29/h5-22H,3H2,1-2,4H3/b32-22-,33-26+. The maximum atomic E-state index is 5.04. The fourth-order valence-electron chi connectivity index (χ4n) is 3.70. The zero-order valence-corrected chi connectivity index (χ0v) is 19.5. The number of aliphatic imine (C=N–C) groups is 1. The van der Waals surface area contributed by atoms with Gasteiger partial charge in [-0.2, -0.15) is 0 Å². The van der Waals surface area contributed by atoms with Crippen molar-refractivity contribution in [2.45, 2.75) is 20.8 Å². The number of hydrogen-bond acceptors (Lipinski definition) is 1. The van der Waals surface area contributed by atoms with Gasteiger partial charge >= 0.3 is 0 Å². The molecule has 0 atom stereocenters. The molecule has 0 radical (unpaired) electrons. The molecule has 0 aliphatic carbocycles. The van der Waals surface area contributed by atoms with Crippen LogP contribution >= 0.6 is 0 Å². The van der Waals surface area contributed by atoms with Crippen molar-refractivity contribution in [3.05, 3.63) is 144 Å². The van der Waals surface area contributed by atoms with E-state index in [1.165, 1.54) is 22.3 Å². The molecule has 4 aromatic rings. The number of allylic oxidation sites excluding steroid dienone is 2. The van der Waals surface area contributed by atoms with Crippen molar-refractivity contribution in [3.8, 4) is 11.1 Å². The molecule has 4 aromatic carbocycles. The number of aryl methyl sites for hydroxylation is 2. The first kappa shape index (κ1) is 22.2. The Kier molecular flexibility index (Phi) is 6.80. The van der Waals surface area contributed by atoms with Crippen LogP contribution in [0.15, 0.2) is 121 Å². The molecule has 4 rings (SSSR count). The molecule has 0 bridgehead atoms. The van der Waals surface area contributed by atoms with Gasteiger partial charge in [0.2, 0.25) is 0 Å². The van der Waals surface area contributed by atoms with E-state index in [0.717, 1.165) is 33.7 Å². The second kappa shape index (κ2) is 10.1. The van der Waals surface area contributed by atoms with Crippen LogP contribution in [0, 0.1) is 13.8 Å². The van der Waals surface area contributed by atoms with Gasteiger partial charge < -0.3 is 0 Å². The van der Waals surface area contributed by atoms with Crippen molar-refractivity contribution >= 4 is 17.0 Å². The van der Waals surface area contributed by atoms with Gasteiger partial charge in [0.15, 0.2) is 0 Å². The number of rotatable bonds is 6. The van der Waals surface area contributed by atoms with Crippen LogP contribution in [0.3, 0.4) is 0 Å². The molecule has 0 saturated heterocycles. The monoisotopic (exact) mass is 427 g/mol. The lowest BCUT2D eigenvalue weighted by molar-refractivity contribution is 1.43. The predicted molar refractivity (Wildman–Crippen MR) is 143 cm³/mol. The van der Waals surface area contributed by atoms with Crippen molar-refractivity contribution in [1.82, 2.24) is 0 Å². The molecule has 33 heavy (non-hydrogen) atoms. The van der Waals surface area contributed by atoms with Gasteiger partial charge in [-0.25, -0.2) is 0 Å². The molecule has 0 aliphatic rings. The molecular weight excluding hydrogens is 398 g/mol. The number of hydrogen-bond donors (Lipinski definition) is 0. The molecule has 0 unspecified atom stereocenters. The van der Waals surface area contributed by atoms with Gasteiger partial charge in [0.25, 0.3) is 0 Å². The summed E-state index contributed by atoms with van der Waals surface area (Å²) in [6, 6.07) is 36.0. The lowest BCUT2D eigenvalue weighted by Crippen LogP contribution is -1.96. The van der Waals surface area contributed by atoms with Gasteiger partial charge in [-0.05, 0) is 54.7 Å². The smallest absolute Gasteiger partial charge is 0.0711 e. The molecule has 0 N–H and O–H groups in total. The van der Waals surface area contributed by atoms with Crippen molar-refractivity contribution < 1.29 is 0 Å². The highest BCUT2D eigenvalue weighted by molar-refractivity contribution is 6.02. The van der Waals surface area contributed by atoms with Crippen LogP contribution < -0.4 is 0 Å². The van der Waals surface area contributed by atoms with E-state index in [1.807, 2.05) is 18.2 Å². The maximum Gasteiger partial charge on any atom is 0.0711 e. The fourth-order valence-corrected chi connectivity index (χ4v) is 3.70. The first-order valence-corrected chi connectivity index (χ1v) is 11.3. The van der Waals surface area contributed by atoms with E-state index in [1.54, 1.807) is 0 Å². The highest BCUT2D eigenvalue weighted by Gasteiger charge is 2.07. The van der Waals surface area contributed by atoms with Gasteiger partial charge in [-0.3, -0.25) is 4.99 Å². The minimum Gasteiger partial charge on any atom is -0.252 e. The van der Waals surface area contributed by atoms with E-state index >= 15 is 0 Å². The summed E-state index contributed by atoms with van der Waals surface area (Å²) in [4.78, 5) is 5.04. The Labute approximate surface area is 197 Å². The Bertz CT molecular complexity index is 1290. The van der Waals surface area contributed by atoms with E-state index in [2.05, 4.69) is 118 Å². The zero-order valence-electron chi connectivity index (χ0n) is 19.5. The predicted octanol–water partition coefficient (Wildman–Crippen LogP) is 8.53. The molecule has 0 saturated carbocycles. The summed E-state index contributed by atoms with van der Waals surface area (Å²) >= 11 is 0. The third-order valence-corrected chi connectivity index (χ3v) is 5.78. The van der Waals surface area contributed by atoms with Crippen LogP contribution in [0.5, 0.6) is 0 Å². The molecular formula is C32H29N. The van der Waals surface area contributed by atoms with Crippen molar-refractivity contribution in [1.29, 1.82) is 0 Å². The largest absolute Gasteiger partial charge is 0.252 e. The normalized spacial score (nSPS) is 12.0. The lowest BCUT2D eigenvalue weighted by atomic mass is 10.00. The van der Waals surface area contributed by atoms with Crippen LogP contribution in [-0.2, 0) is 0 Å². The molecule has 0 aromatic heterocycles. The average molecular weight is 428 g/mol. The van der Waals surface area contributed by atoms with Gasteiger partial charge in [0.05, 0.1) is 5.70 Å². The van der Waals surface area contributed by atoms with Crippen molar-refractivity contribution in [2.24, 2.45) is 4.99 Å². The van der Waals surface area contributed by atoms with Crippen LogP contribution in [0.4, 0.5) is 0 Å². The Hall–Kier alpha value is -3.97. The molecule has 0 fully saturated rings.